The van der Waals surface area contributed by atoms with Gasteiger partial charge in [0.05, 0.1) is 17.0 Å². The first-order valence-electron chi connectivity index (χ1n) is 7.51. The maximum atomic E-state index is 11.3. The monoisotopic (exact) mass is 331 g/mol. The topological polar surface area (TPSA) is 49.7 Å². The molecule has 3 aromatic carbocycles. The van der Waals surface area contributed by atoms with E-state index in [1.807, 2.05) is 48.5 Å². The van der Waals surface area contributed by atoms with Crippen molar-refractivity contribution in [2.75, 3.05) is 0 Å². The molecule has 1 N–H and O–H groups in total. The fourth-order valence-corrected chi connectivity index (χ4v) is 3.69. The van der Waals surface area contributed by atoms with Crippen LogP contribution in [-0.4, -0.2) is 16.8 Å². The van der Waals surface area contributed by atoms with Gasteiger partial charge < -0.3 is 5.11 Å². The number of fused-ring (bicyclic) bond motifs is 2. The smallest absolute Gasteiger partial charge is 0.335 e. The minimum absolute atomic E-state index is 0.247. The van der Waals surface area contributed by atoms with Gasteiger partial charge in [-0.2, -0.15) is 0 Å². The molecule has 0 bridgehead atoms. The van der Waals surface area contributed by atoms with Crippen molar-refractivity contribution >= 4 is 29.1 Å². The highest BCUT2D eigenvalue weighted by atomic mass is 32.2. The number of carboxylic acids is 1. The van der Waals surface area contributed by atoms with E-state index in [-0.39, 0.29) is 5.56 Å². The minimum atomic E-state index is -0.943. The third kappa shape index (κ3) is 2.61. The number of benzene rings is 3. The fourth-order valence-electron chi connectivity index (χ4n) is 2.69. The molecular weight excluding hydrogens is 318 g/mol. The molecule has 0 spiro atoms. The molecule has 116 valence electrons. The third-order valence-corrected chi connectivity index (χ3v) is 4.99. The first kappa shape index (κ1) is 14.7. The molecule has 0 amide bonds. The van der Waals surface area contributed by atoms with Crippen LogP contribution in [0.25, 0.3) is 0 Å². The average molecular weight is 331 g/mol. The number of rotatable bonds is 2. The minimum Gasteiger partial charge on any atom is -0.478 e. The molecule has 3 nitrogen and oxygen atoms in total. The van der Waals surface area contributed by atoms with E-state index in [0.717, 1.165) is 26.6 Å². The quantitative estimate of drug-likeness (QED) is 0.561. The van der Waals surface area contributed by atoms with E-state index in [9.17, 15) is 9.90 Å². The van der Waals surface area contributed by atoms with Gasteiger partial charge in [-0.15, -0.1) is 0 Å². The lowest BCUT2D eigenvalue weighted by Gasteiger charge is -2.08. The van der Waals surface area contributed by atoms with Crippen LogP contribution >= 0.6 is 11.8 Å². The Kier molecular flexibility index (Phi) is 3.67. The van der Waals surface area contributed by atoms with Gasteiger partial charge >= 0.3 is 5.97 Å². The van der Waals surface area contributed by atoms with Gasteiger partial charge in [0.1, 0.15) is 0 Å². The van der Waals surface area contributed by atoms with Crippen LogP contribution in [0.5, 0.6) is 0 Å². The maximum Gasteiger partial charge on any atom is 0.335 e. The van der Waals surface area contributed by atoms with Gasteiger partial charge in [0.15, 0.2) is 0 Å². The zero-order valence-corrected chi connectivity index (χ0v) is 13.5. The van der Waals surface area contributed by atoms with Crippen LogP contribution in [0.3, 0.4) is 0 Å². The number of aromatic carboxylic acids is 1. The van der Waals surface area contributed by atoms with E-state index in [2.05, 4.69) is 12.1 Å². The van der Waals surface area contributed by atoms with Crippen LogP contribution in [-0.2, 0) is 0 Å². The summed E-state index contributed by atoms with van der Waals surface area (Å²) in [5, 5.41) is 9.26. The van der Waals surface area contributed by atoms with E-state index in [1.54, 1.807) is 23.9 Å². The molecule has 1 aliphatic rings. The molecule has 24 heavy (non-hydrogen) atoms. The SMILES string of the molecule is O=C(O)c1ccc2c(c1)N=C(c1ccccc1)c1ccccc1S2. The summed E-state index contributed by atoms with van der Waals surface area (Å²) in [6.07, 6.45) is 0. The highest BCUT2D eigenvalue weighted by molar-refractivity contribution is 7.99. The molecule has 4 rings (SSSR count). The second kappa shape index (κ2) is 5.98. The molecule has 0 fully saturated rings. The second-order valence-electron chi connectivity index (χ2n) is 5.41. The Morgan fingerprint density at radius 1 is 0.875 bits per heavy atom. The van der Waals surface area contributed by atoms with Crippen LogP contribution in [0.1, 0.15) is 21.5 Å². The van der Waals surface area contributed by atoms with Gasteiger partial charge in [0.2, 0.25) is 0 Å². The molecule has 0 atom stereocenters. The van der Waals surface area contributed by atoms with E-state index < -0.39 is 5.97 Å². The maximum absolute atomic E-state index is 11.3. The highest BCUT2D eigenvalue weighted by Gasteiger charge is 2.19. The fraction of sp³-hybridized carbons (Fsp3) is 0. The first-order valence-corrected chi connectivity index (χ1v) is 8.33. The Bertz CT molecular complexity index is 964. The summed E-state index contributed by atoms with van der Waals surface area (Å²) in [6.45, 7) is 0. The summed E-state index contributed by atoms with van der Waals surface area (Å²) in [5.41, 5.74) is 3.87. The van der Waals surface area contributed by atoms with Crippen molar-refractivity contribution in [3.8, 4) is 0 Å². The van der Waals surface area contributed by atoms with E-state index in [1.165, 1.54) is 0 Å². The van der Waals surface area contributed by atoms with Gasteiger partial charge in [-0.05, 0) is 24.3 Å². The van der Waals surface area contributed by atoms with Crippen molar-refractivity contribution in [2.24, 2.45) is 4.99 Å². The Hall–Kier alpha value is -2.85. The molecular formula is C20H13NO2S. The molecule has 1 heterocycles. The molecule has 4 heteroatoms. The Labute approximate surface area is 143 Å². The first-order chi connectivity index (χ1) is 11.7. The molecule has 0 radical (unpaired) electrons. The van der Waals surface area contributed by atoms with Crippen LogP contribution in [0, 0.1) is 0 Å². The summed E-state index contributed by atoms with van der Waals surface area (Å²) in [6, 6.07) is 23.2. The predicted molar refractivity (Wildman–Crippen MR) is 95.7 cm³/mol. The van der Waals surface area contributed by atoms with Crippen molar-refractivity contribution in [3.05, 3.63) is 89.5 Å². The lowest BCUT2D eigenvalue weighted by atomic mass is 10.0. The lowest BCUT2D eigenvalue weighted by molar-refractivity contribution is 0.0697. The number of carbonyl (C=O) groups is 1. The molecule has 0 aliphatic carbocycles. The Morgan fingerprint density at radius 3 is 2.42 bits per heavy atom. The van der Waals surface area contributed by atoms with Crippen LogP contribution in [0.2, 0.25) is 0 Å². The summed E-state index contributed by atoms with van der Waals surface area (Å²) in [4.78, 5) is 18.2. The number of aliphatic imine (C=N–C) groups is 1. The summed E-state index contributed by atoms with van der Waals surface area (Å²) < 4.78 is 0. The Morgan fingerprint density at radius 2 is 1.62 bits per heavy atom. The van der Waals surface area contributed by atoms with E-state index >= 15 is 0 Å². The zero-order chi connectivity index (χ0) is 16.5. The van der Waals surface area contributed by atoms with E-state index in [4.69, 9.17) is 4.99 Å². The third-order valence-electron chi connectivity index (χ3n) is 3.85. The molecule has 0 aromatic heterocycles. The highest BCUT2D eigenvalue weighted by Crippen LogP contribution is 2.41. The molecule has 0 saturated carbocycles. The average Bonchev–Trinajstić information content (AvgIpc) is 2.78. The van der Waals surface area contributed by atoms with Crippen molar-refractivity contribution in [2.45, 2.75) is 9.79 Å². The van der Waals surface area contributed by atoms with Crippen molar-refractivity contribution in [3.63, 3.8) is 0 Å². The van der Waals surface area contributed by atoms with Gasteiger partial charge in [0, 0.05) is 20.9 Å². The van der Waals surface area contributed by atoms with Crippen LogP contribution < -0.4 is 0 Å². The number of hydrogen-bond acceptors (Lipinski definition) is 3. The predicted octanol–water partition coefficient (Wildman–Crippen LogP) is 5.02. The van der Waals surface area contributed by atoms with Gasteiger partial charge in [-0.25, -0.2) is 9.79 Å². The number of hydrogen-bond donors (Lipinski definition) is 1. The summed E-state index contributed by atoms with van der Waals surface area (Å²) in [5.74, 6) is -0.943. The lowest BCUT2D eigenvalue weighted by Crippen LogP contribution is -2.03. The van der Waals surface area contributed by atoms with Gasteiger partial charge in [-0.3, -0.25) is 0 Å². The molecule has 0 unspecified atom stereocenters. The standard InChI is InChI=1S/C20H13NO2S/c22-20(23)14-10-11-18-16(12-14)21-19(13-6-2-1-3-7-13)15-8-4-5-9-17(15)24-18/h1-12H,(H,22,23). The normalized spacial score (nSPS) is 12.6. The zero-order valence-electron chi connectivity index (χ0n) is 12.6. The van der Waals surface area contributed by atoms with Crippen LogP contribution in [0.4, 0.5) is 5.69 Å². The second-order valence-corrected chi connectivity index (χ2v) is 6.50. The number of nitrogens with zero attached hydrogens (tertiary/aromatic N) is 1. The number of carboxylic acid groups (broad SMARTS) is 1. The molecule has 3 aromatic rings. The summed E-state index contributed by atoms with van der Waals surface area (Å²) in [7, 11) is 0. The molecule has 0 saturated heterocycles. The van der Waals surface area contributed by atoms with Crippen molar-refractivity contribution in [1.82, 2.24) is 0 Å². The van der Waals surface area contributed by atoms with Gasteiger partial charge in [0.25, 0.3) is 0 Å². The van der Waals surface area contributed by atoms with Gasteiger partial charge in [-0.1, -0.05) is 60.3 Å². The van der Waals surface area contributed by atoms with Crippen LogP contribution in [0.15, 0.2) is 87.6 Å². The van der Waals surface area contributed by atoms with Crippen molar-refractivity contribution in [1.29, 1.82) is 0 Å². The largest absolute Gasteiger partial charge is 0.478 e. The van der Waals surface area contributed by atoms with Crippen molar-refractivity contribution < 1.29 is 9.90 Å². The van der Waals surface area contributed by atoms with E-state index in [0.29, 0.717) is 5.69 Å². The summed E-state index contributed by atoms with van der Waals surface area (Å²) >= 11 is 1.61. The molecule has 1 aliphatic heterocycles. The Balaban J connectivity index is 1.98.